The minimum atomic E-state index is -0.107. The highest BCUT2D eigenvalue weighted by Crippen LogP contribution is 2.25. The zero-order valence-electron chi connectivity index (χ0n) is 16.8. The summed E-state index contributed by atoms with van der Waals surface area (Å²) >= 11 is 1.64. The van der Waals surface area contributed by atoms with Crippen molar-refractivity contribution in [1.82, 2.24) is 25.1 Å². The van der Waals surface area contributed by atoms with Gasteiger partial charge in [-0.3, -0.25) is 14.2 Å². The first kappa shape index (κ1) is 20.2. The third kappa shape index (κ3) is 4.56. The molecule has 0 aromatic carbocycles. The average molecular weight is 425 g/mol. The van der Waals surface area contributed by atoms with Crippen LogP contribution in [-0.4, -0.2) is 45.3 Å². The number of thiophene rings is 1. The summed E-state index contributed by atoms with van der Waals surface area (Å²) in [6, 6.07) is 7.97. The van der Waals surface area contributed by atoms with Crippen molar-refractivity contribution in [2.75, 3.05) is 24.5 Å². The maximum absolute atomic E-state index is 12.7. The van der Waals surface area contributed by atoms with Gasteiger partial charge in [-0.25, -0.2) is 4.98 Å². The quantitative estimate of drug-likeness (QED) is 0.651. The number of rotatable bonds is 6. The topological polar surface area (TPSA) is 93.0 Å². The van der Waals surface area contributed by atoms with Crippen molar-refractivity contribution >= 4 is 23.1 Å². The summed E-state index contributed by atoms with van der Waals surface area (Å²) in [7, 11) is 0. The molecule has 1 amide bonds. The van der Waals surface area contributed by atoms with Crippen LogP contribution in [0.2, 0.25) is 0 Å². The van der Waals surface area contributed by atoms with Gasteiger partial charge in [-0.05, 0) is 43.3 Å². The molecular formula is C21H24N6O2S. The van der Waals surface area contributed by atoms with Crippen molar-refractivity contribution in [3.63, 3.8) is 0 Å². The monoisotopic (exact) mass is 424 g/mol. The predicted molar refractivity (Wildman–Crippen MR) is 117 cm³/mol. The largest absolute Gasteiger partial charge is 0.354 e. The molecule has 1 aliphatic rings. The van der Waals surface area contributed by atoms with E-state index in [4.69, 9.17) is 0 Å². The Bertz CT molecular complexity index is 1050. The van der Waals surface area contributed by atoms with E-state index in [1.54, 1.807) is 24.5 Å². The van der Waals surface area contributed by atoms with Gasteiger partial charge >= 0.3 is 0 Å². The van der Waals surface area contributed by atoms with Crippen LogP contribution in [0.15, 0.2) is 47.0 Å². The van der Waals surface area contributed by atoms with E-state index < -0.39 is 0 Å². The number of nitrogens with zero attached hydrogens (tertiary/aromatic N) is 5. The van der Waals surface area contributed by atoms with Crippen LogP contribution in [0, 0.1) is 12.8 Å². The lowest BCUT2D eigenvalue weighted by Crippen LogP contribution is -2.44. The molecule has 4 heterocycles. The van der Waals surface area contributed by atoms with E-state index in [2.05, 4.69) is 25.4 Å². The summed E-state index contributed by atoms with van der Waals surface area (Å²) in [5.74, 6) is 0.701. The van der Waals surface area contributed by atoms with Gasteiger partial charge in [0.05, 0.1) is 17.1 Å². The molecule has 4 rings (SSSR count). The van der Waals surface area contributed by atoms with Crippen molar-refractivity contribution < 1.29 is 4.79 Å². The number of hydrogen-bond donors (Lipinski definition) is 1. The smallest absolute Gasteiger partial charge is 0.256 e. The molecule has 3 aromatic rings. The third-order valence-electron chi connectivity index (χ3n) is 5.26. The van der Waals surface area contributed by atoms with E-state index in [0.717, 1.165) is 35.8 Å². The number of anilines is 1. The second kappa shape index (κ2) is 9.17. The van der Waals surface area contributed by atoms with Gasteiger partial charge in [0, 0.05) is 37.9 Å². The van der Waals surface area contributed by atoms with Gasteiger partial charge in [-0.1, -0.05) is 6.07 Å². The molecule has 1 fully saturated rings. The number of aromatic nitrogens is 4. The van der Waals surface area contributed by atoms with Crippen LogP contribution < -0.4 is 15.8 Å². The minimum Gasteiger partial charge on any atom is -0.354 e. The fourth-order valence-electron chi connectivity index (χ4n) is 3.61. The Balaban J connectivity index is 1.32. The standard InChI is InChI=1S/C21H24N6O2S/c1-15-12-22-14-27(21(15)29)10-8-23-20(28)16-4-2-9-26(13-16)19-7-6-17(24-25-19)18-5-3-11-30-18/h3,5-7,11-12,14,16H,2,4,8-10,13H2,1H3,(H,23,28). The molecule has 30 heavy (non-hydrogen) atoms. The summed E-state index contributed by atoms with van der Waals surface area (Å²) in [4.78, 5) is 31.9. The van der Waals surface area contributed by atoms with E-state index in [1.165, 1.54) is 10.9 Å². The Morgan fingerprint density at radius 3 is 2.97 bits per heavy atom. The van der Waals surface area contributed by atoms with Crippen LogP contribution in [0.5, 0.6) is 0 Å². The van der Waals surface area contributed by atoms with Gasteiger partial charge in [-0.2, -0.15) is 0 Å². The molecule has 3 aromatic heterocycles. The molecule has 1 unspecified atom stereocenters. The third-order valence-corrected chi connectivity index (χ3v) is 6.16. The predicted octanol–water partition coefficient (Wildman–Crippen LogP) is 2.10. The number of carbonyl (C=O) groups is 1. The van der Waals surface area contributed by atoms with Crippen LogP contribution >= 0.6 is 11.3 Å². The molecule has 0 aliphatic carbocycles. The Kier molecular flexibility index (Phi) is 6.18. The maximum atomic E-state index is 12.7. The average Bonchev–Trinajstić information content (AvgIpc) is 3.32. The van der Waals surface area contributed by atoms with E-state index in [9.17, 15) is 9.59 Å². The Hall–Kier alpha value is -3.07. The summed E-state index contributed by atoms with van der Waals surface area (Å²) < 4.78 is 1.52. The van der Waals surface area contributed by atoms with Crippen molar-refractivity contribution in [3.8, 4) is 10.6 Å². The van der Waals surface area contributed by atoms with Crippen LogP contribution in [0.25, 0.3) is 10.6 Å². The molecule has 0 radical (unpaired) electrons. The Morgan fingerprint density at radius 2 is 2.20 bits per heavy atom. The van der Waals surface area contributed by atoms with Gasteiger partial charge < -0.3 is 10.2 Å². The molecule has 8 nitrogen and oxygen atoms in total. The molecule has 1 N–H and O–H groups in total. The van der Waals surface area contributed by atoms with Crippen molar-refractivity contribution in [1.29, 1.82) is 0 Å². The van der Waals surface area contributed by atoms with Crippen LogP contribution in [0.4, 0.5) is 5.82 Å². The van der Waals surface area contributed by atoms with Crippen molar-refractivity contribution in [3.05, 3.63) is 58.1 Å². The molecule has 0 bridgehead atoms. The minimum absolute atomic E-state index is 0.0107. The lowest BCUT2D eigenvalue weighted by atomic mass is 9.97. The maximum Gasteiger partial charge on any atom is 0.256 e. The van der Waals surface area contributed by atoms with Crippen LogP contribution in [-0.2, 0) is 11.3 Å². The molecule has 0 spiro atoms. The summed E-state index contributed by atoms with van der Waals surface area (Å²) in [6.07, 6.45) is 4.81. The fourth-order valence-corrected chi connectivity index (χ4v) is 4.30. The van der Waals surface area contributed by atoms with Crippen LogP contribution in [0.1, 0.15) is 18.4 Å². The fraction of sp³-hybridized carbons (Fsp3) is 0.381. The lowest BCUT2D eigenvalue weighted by molar-refractivity contribution is -0.125. The van der Waals surface area contributed by atoms with E-state index in [1.807, 2.05) is 29.6 Å². The number of hydrogen-bond acceptors (Lipinski definition) is 7. The second-order valence-corrected chi connectivity index (χ2v) is 8.35. The summed E-state index contributed by atoms with van der Waals surface area (Å²) in [5, 5.41) is 13.7. The normalized spacial score (nSPS) is 16.4. The molecule has 156 valence electrons. The van der Waals surface area contributed by atoms with E-state index >= 15 is 0 Å². The zero-order chi connectivity index (χ0) is 20.9. The molecule has 1 atom stereocenters. The van der Waals surface area contributed by atoms with Crippen molar-refractivity contribution in [2.24, 2.45) is 5.92 Å². The first-order chi connectivity index (χ1) is 14.6. The van der Waals surface area contributed by atoms with Gasteiger partial charge in [0.15, 0.2) is 5.82 Å². The number of piperidine rings is 1. The molecular weight excluding hydrogens is 400 g/mol. The molecule has 9 heteroatoms. The zero-order valence-corrected chi connectivity index (χ0v) is 17.6. The van der Waals surface area contributed by atoms with Crippen molar-refractivity contribution in [2.45, 2.75) is 26.3 Å². The van der Waals surface area contributed by atoms with Crippen LogP contribution in [0.3, 0.4) is 0 Å². The Morgan fingerprint density at radius 1 is 1.30 bits per heavy atom. The van der Waals surface area contributed by atoms with Gasteiger partial charge in [0.2, 0.25) is 5.91 Å². The van der Waals surface area contributed by atoms with Gasteiger partial charge in [0.1, 0.15) is 5.69 Å². The van der Waals surface area contributed by atoms with Gasteiger partial charge in [0.25, 0.3) is 5.56 Å². The second-order valence-electron chi connectivity index (χ2n) is 7.41. The highest BCUT2D eigenvalue weighted by Gasteiger charge is 2.26. The summed E-state index contributed by atoms with van der Waals surface area (Å²) in [5.41, 5.74) is 1.38. The lowest BCUT2D eigenvalue weighted by Gasteiger charge is -2.32. The number of nitrogens with one attached hydrogen (secondary N) is 1. The van der Waals surface area contributed by atoms with E-state index in [0.29, 0.717) is 25.2 Å². The SMILES string of the molecule is Cc1cncn(CCNC(=O)C2CCCN(c3ccc(-c4cccs4)nn3)C2)c1=O. The van der Waals surface area contributed by atoms with Gasteiger partial charge in [-0.15, -0.1) is 21.5 Å². The first-order valence-corrected chi connectivity index (χ1v) is 10.9. The molecule has 0 saturated carbocycles. The summed E-state index contributed by atoms with van der Waals surface area (Å²) in [6.45, 7) is 4.02. The number of carbonyl (C=O) groups excluding carboxylic acids is 1. The Labute approximate surface area is 178 Å². The highest BCUT2D eigenvalue weighted by atomic mass is 32.1. The first-order valence-electron chi connectivity index (χ1n) is 10.0. The number of amides is 1. The van der Waals surface area contributed by atoms with E-state index in [-0.39, 0.29) is 17.4 Å². The number of aryl methyl sites for hydroxylation is 1. The molecule has 1 saturated heterocycles. The highest BCUT2D eigenvalue weighted by molar-refractivity contribution is 7.13. The molecule has 1 aliphatic heterocycles.